The second-order valence-electron chi connectivity index (χ2n) is 3.35. The number of nitrogens with zero attached hydrogens (tertiary/aromatic N) is 1. The van der Waals surface area contributed by atoms with Gasteiger partial charge in [-0.15, -0.1) is 12.4 Å². The molecule has 0 aliphatic carbocycles. The Bertz CT molecular complexity index is 240. The number of rotatable bonds is 3. The van der Waals surface area contributed by atoms with Gasteiger partial charge < -0.3 is 10.6 Å². The molecule has 1 amide bonds. The summed E-state index contributed by atoms with van der Waals surface area (Å²) in [5.41, 5.74) is 1.08. The van der Waals surface area contributed by atoms with Gasteiger partial charge in [-0.1, -0.05) is 0 Å². The van der Waals surface area contributed by atoms with E-state index < -0.39 is 17.2 Å². The number of hydrogen-bond donors (Lipinski definition) is 1. The van der Waals surface area contributed by atoms with Gasteiger partial charge in [0.05, 0.1) is 5.75 Å². The zero-order chi connectivity index (χ0) is 11.5. The second-order valence-corrected chi connectivity index (χ2v) is 4.39. The molecule has 0 saturated carbocycles. The molecule has 1 heterocycles. The number of nitrogens with two attached hydrogens (primary N) is 1. The molecule has 1 aliphatic rings. The van der Waals surface area contributed by atoms with Crippen LogP contribution in [0, 0.1) is 0 Å². The maximum absolute atomic E-state index is 11.8. The molecule has 8 heteroatoms. The largest absolute Gasteiger partial charge is 0.442 e. The molecule has 2 N–H and O–H groups in total. The normalized spacial score (nSPS) is 20.8. The molecule has 1 fully saturated rings. The van der Waals surface area contributed by atoms with Crippen LogP contribution in [-0.2, 0) is 4.79 Å². The lowest BCUT2D eigenvalue weighted by Crippen LogP contribution is -2.41. The number of hydrogen-bond acceptors (Lipinski definition) is 3. The lowest BCUT2D eigenvalue weighted by atomic mass is 10.2. The summed E-state index contributed by atoms with van der Waals surface area (Å²) in [4.78, 5) is 12.9. The van der Waals surface area contributed by atoms with Crippen molar-refractivity contribution in [1.82, 2.24) is 4.90 Å². The molecule has 0 spiro atoms. The summed E-state index contributed by atoms with van der Waals surface area (Å²) in [6.07, 6.45) is 1.61. The summed E-state index contributed by atoms with van der Waals surface area (Å²) >= 11 is -0.291. The minimum Gasteiger partial charge on any atom is -0.338 e. The number of halogens is 4. The summed E-state index contributed by atoms with van der Waals surface area (Å²) in [6.45, 7) is 0.849. The first-order chi connectivity index (χ1) is 6.94. The number of alkyl halides is 3. The van der Waals surface area contributed by atoms with Crippen molar-refractivity contribution in [1.29, 1.82) is 0 Å². The van der Waals surface area contributed by atoms with Gasteiger partial charge in [0.15, 0.2) is 0 Å². The van der Waals surface area contributed by atoms with Gasteiger partial charge in [0.2, 0.25) is 5.91 Å². The molecule has 3 nitrogen and oxygen atoms in total. The lowest BCUT2D eigenvalue weighted by molar-refractivity contribution is -0.129. The molecular formula is C8H14ClF3N2OS. The quantitative estimate of drug-likeness (QED) is 0.853. The molecule has 1 rings (SSSR count). The highest BCUT2D eigenvalue weighted by Gasteiger charge is 2.33. The zero-order valence-electron chi connectivity index (χ0n) is 8.50. The van der Waals surface area contributed by atoms with E-state index in [1.54, 1.807) is 0 Å². The Morgan fingerprint density at radius 3 is 2.62 bits per heavy atom. The van der Waals surface area contributed by atoms with Crippen LogP contribution in [0.1, 0.15) is 12.8 Å². The molecule has 16 heavy (non-hydrogen) atoms. The fraction of sp³-hybridized carbons (Fsp3) is 0.875. The van der Waals surface area contributed by atoms with E-state index in [1.807, 2.05) is 0 Å². The lowest BCUT2D eigenvalue weighted by Gasteiger charge is -2.23. The highest BCUT2D eigenvalue weighted by Crippen LogP contribution is 2.30. The highest BCUT2D eigenvalue weighted by molar-refractivity contribution is 8.00. The second kappa shape index (κ2) is 6.56. The summed E-state index contributed by atoms with van der Waals surface area (Å²) in [7, 11) is 0. The molecule has 0 aromatic heterocycles. The van der Waals surface area contributed by atoms with E-state index in [9.17, 15) is 18.0 Å². The zero-order valence-corrected chi connectivity index (χ0v) is 10.1. The van der Waals surface area contributed by atoms with Gasteiger partial charge in [-0.25, -0.2) is 0 Å². The maximum Gasteiger partial charge on any atom is 0.442 e. The van der Waals surface area contributed by atoms with Gasteiger partial charge in [-0.2, -0.15) is 13.2 Å². The Morgan fingerprint density at radius 1 is 1.50 bits per heavy atom. The standard InChI is InChI=1S/C8H13F3N2OS.ClH/c9-8(10,11)15-5-7(14)13-3-1-2-6(13)4-12;/h6H,1-5,12H2;1H. The minimum absolute atomic E-state index is 0. The third kappa shape index (κ3) is 4.80. The van der Waals surface area contributed by atoms with Gasteiger partial charge in [0.1, 0.15) is 0 Å². The number of carbonyl (C=O) groups is 1. The van der Waals surface area contributed by atoms with Crippen LogP contribution in [0.4, 0.5) is 13.2 Å². The fourth-order valence-electron chi connectivity index (χ4n) is 1.64. The predicted molar refractivity (Wildman–Crippen MR) is 59.6 cm³/mol. The van der Waals surface area contributed by atoms with Crippen molar-refractivity contribution >= 4 is 30.1 Å². The van der Waals surface area contributed by atoms with E-state index in [1.165, 1.54) is 4.90 Å². The molecule has 1 saturated heterocycles. The van der Waals surface area contributed by atoms with E-state index in [0.29, 0.717) is 13.1 Å². The van der Waals surface area contributed by atoms with Crippen LogP contribution in [0.5, 0.6) is 0 Å². The first-order valence-electron chi connectivity index (χ1n) is 4.64. The van der Waals surface area contributed by atoms with Crippen LogP contribution in [0.25, 0.3) is 0 Å². The topological polar surface area (TPSA) is 46.3 Å². The fourth-order valence-corrected chi connectivity index (χ4v) is 2.09. The average Bonchev–Trinajstić information content (AvgIpc) is 2.60. The third-order valence-electron chi connectivity index (χ3n) is 2.33. The van der Waals surface area contributed by atoms with Gasteiger partial charge in [-0.3, -0.25) is 4.79 Å². The molecule has 1 atom stereocenters. The molecular weight excluding hydrogens is 265 g/mol. The molecule has 0 radical (unpaired) electrons. The van der Waals surface area contributed by atoms with Crippen LogP contribution in [0.15, 0.2) is 0 Å². The van der Waals surface area contributed by atoms with E-state index >= 15 is 0 Å². The first-order valence-corrected chi connectivity index (χ1v) is 5.63. The van der Waals surface area contributed by atoms with Crippen molar-refractivity contribution < 1.29 is 18.0 Å². The molecule has 0 aromatic rings. The SMILES string of the molecule is Cl.NCC1CCCN1C(=O)CSC(F)(F)F. The summed E-state index contributed by atoms with van der Waals surface area (Å²) in [6, 6.07) is -0.0775. The first kappa shape index (κ1) is 15.9. The molecule has 1 unspecified atom stereocenters. The highest BCUT2D eigenvalue weighted by atomic mass is 35.5. The number of carbonyl (C=O) groups excluding carboxylic acids is 1. The van der Waals surface area contributed by atoms with Gasteiger partial charge in [-0.05, 0) is 24.6 Å². The van der Waals surface area contributed by atoms with Crippen LogP contribution >= 0.6 is 24.2 Å². The maximum atomic E-state index is 11.8. The Kier molecular flexibility index (Phi) is 6.50. The van der Waals surface area contributed by atoms with Crippen LogP contribution in [0.2, 0.25) is 0 Å². The monoisotopic (exact) mass is 278 g/mol. The van der Waals surface area contributed by atoms with Crippen LogP contribution in [-0.4, -0.2) is 41.2 Å². The van der Waals surface area contributed by atoms with E-state index in [-0.39, 0.29) is 30.2 Å². The van der Waals surface area contributed by atoms with Crippen molar-refractivity contribution in [3.63, 3.8) is 0 Å². The number of likely N-dealkylation sites (tertiary alicyclic amines) is 1. The van der Waals surface area contributed by atoms with Crippen molar-refractivity contribution in [3.8, 4) is 0 Å². The number of thioether (sulfide) groups is 1. The van der Waals surface area contributed by atoms with Gasteiger partial charge in [0.25, 0.3) is 0 Å². The van der Waals surface area contributed by atoms with Gasteiger partial charge >= 0.3 is 5.51 Å². The molecule has 0 aromatic carbocycles. The minimum atomic E-state index is -4.34. The third-order valence-corrected chi connectivity index (χ3v) is 3.05. The van der Waals surface area contributed by atoms with E-state index in [2.05, 4.69) is 0 Å². The van der Waals surface area contributed by atoms with E-state index in [0.717, 1.165) is 12.8 Å². The van der Waals surface area contributed by atoms with Crippen LogP contribution < -0.4 is 5.73 Å². The smallest absolute Gasteiger partial charge is 0.338 e. The van der Waals surface area contributed by atoms with Crippen molar-refractivity contribution in [2.24, 2.45) is 5.73 Å². The average molecular weight is 279 g/mol. The Morgan fingerprint density at radius 2 is 2.12 bits per heavy atom. The molecule has 96 valence electrons. The van der Waals surface area contributed by atoms with Crippen LogP contribution in [0.3, 0.4) is 0 Å². The van der Waals surface area contributed by atoms with Crippen molar-refractivity contribution in [3.05, 3.63) is 0 Å². The van der Waals surface area contributed by atoms with E-state index in [4.69, 9.17) is 5.73 Å². The van der Waals surface area contributed by atoms with Gasteiger partial charge in [0, 0.05) is 19.1 Å². The summed E-state index contributed by atoms with van der Waals surface area (Å²) in [5, 5.41) is 0. The molecule has 0 bridgehead atoms. The van der Waals surface area contributed by atoms with Crippen molar-refractivity contribution in [2.75, 3.05) is 18.8 Å². The summed E-state index contributed by atoms with van der Waals surface area (Å²) < 4.78 is 35.5. The Labute approximate surface area is 102 Å². The molecule has 1 aliphatic heterocycles. The Balaban J connectivity index is 0.00000225. The van der Waals surface area contributed by atoms with Crippen molar-refractivity contribution in [2.45, 2.75) is 24.4 Å². The summed E-state index contributed by atoms with van der Waals surface area (Å²) in [5.74, 6) is -1.01. The predicted octanol–water partition coefficient (Wildman–Crippen LogP) is 1.61. The number of amides is 1. The Hall–Kier alpha value is -0.140.